The third kappa shape index (κ3) is 2.04. The van der Waals surface area contributed by atoms with Crippen LogP contribution in [0.15, 0.2) is 4.52 Å². The molecule has 6 heteroatoms. The monoisotopic (exact) mass is 292 g/mol. The lowest BCUT2D eigenvalue weighted by Crippen LogP contribution is -2.38. The van der Waals surface area contributed by atoms with Crippen LogP contribution in [0.1, 0.15) is 60.8 Å². The van der Waals surface area contributed by atoms with E-state index in [2.05, 4.69) is 5.16 Å². The van der Waals surface area contributed by atoms with Crippen LogP contribution in [-0.4, -0.2) is 39.1 Å². The van der Waals surface area contributed by atoms with Crippen LogP contribution in [0.25, 0.3) is 0 Å². The molecule has 2 saturated heterocycles. The Morgan fingerprint density at radius 3 is 2.67 bits per heavy atom. The molecule has 0 spiro atoms. The van der Waals surface area contributed by atoms with Gasteiger partial charge in [0.25, 0.3) is 5.91 Å². The Balaban J connectivity index is 1.94. The van der Waals surface area contributed by atoms with Gasteiger partial charge in [-0.2, -0.15) is 0 Å². The van der Waals surface area contributed by atoms with Gasteiger partial charge in [0.2, 0.25) is 0 Å². The van der Waals surface area contributed by atoms with Crippen molar-refractivity contribution in [3.8, 4) is 0 Å². The molecule has 6 nitrogen and oxygen atoms in total. The van der Waals surface area contributed by atoms with E-state index in [-0.39, 0.29) is 23.9 Å². The van der Waals surface area contributed by atoms with E-state index in [0.29, 0.717) is 23.4 Å². The third-order valence-corrected chi connectivity index (χ3v) is 4.72. The molecular formula is C15H20N2O4. The number of aromatic nitrogens is 1. The zero-order chi connectivity index (χ0) is 15.3. The predicted molar refractivity (Wildman–Crippen MR) is 74.1 cm³/mol. The minimum absolute atomic E-state index is 0.0397. The lowest BCUT2D eigenvalue weighted by atomic mass is 9.89. The Kier molecular flexibility index (Phi) is 3.26. The molecule has 0 saturated carbocycles. The van der Waals surface area contributed by atoms with Crippen LogP contribution in [0.4, 0.5) is 0 Å². The van der Waals surface area contributed by atoms with Crippen LogP contribution in [0.2, 0.25) is 0 Å². The number of hydrogen-bond acceptors (Lipinski definition) is 4. The summed E-state index contributed by atoms with van der Waals surface area (Å²) in [5.41, 5.74) is 1.11. The molecule has 3 heterocycles. The van der Waals surface area contributed by atoms with E-state index in [4.69, 9.17) is 4.52 Å². The first-order valence-corrected chi connectivity index (χ1v) is 7.43. The average molecular weight is 292 g/mol. The lowest BCUT2D eigenvalue weighted by molar-refractivity contribution is -0.142. The molecule has 0 radical (unpaired) electrons. The lowest BCUT2D eigenvalue weighted by Gasteiger charge is -2.23. The SMILES string of the molecule is Cc1noc(C(C)C)c1C(=O)N1C2CCC1C(C(=O)O)C2. The molecule has 3 atom stereocenters. The van der Waals surface area contributed by atoms with Gasteiger partial charge < -0.3 is 14.5 Å². The van der Waals surface area contributed by atoms with E-state index < -0.39 is 11.9 Å². The first-order chi connectivity index (χ1) is 9.91. The molecule has 1 aromatic rings. The van der Waals surface area contributed by atoms with E-state index in [9.17, 15) is 14.7 Å². The van der Waals surface area contributed by atoms with Crippen molar-refractivity contribution in [3.05, 3.63) is 17.0 Å². The summed E-state index contributed by atoms with van der Waals surface area (Å²) >= 11 is 0. The Bertz CT molecular complexity index is 592. The van der Waals surface area contributed by atoms with E-state index in [1.54, 1.807) is 11.8 Å². The number of hydrogen-bond donors (Lipinski definition) is 1. The second kappa shape index (κ2) is 4.86. The summed E-state index contributed by atoms with van der Waals surface area (Å²) in [4.78, 5) is 26.0. The van der Waals surface area contributed by atoms with E-state index >= 15 is 0 Å². The molecule has 2 aliphatic heterocycles. The maximum absolute atomic E-state index is 12.9. The zero-order valence-electron chi connectivity index (χ0n) is 12.5. The highest BCUT2D eigenvalue weighted by Crippen LogP contribution is 2.43. The first kappa shape index (κ1) is 14.1. The molecule has 2 fully saturated rings. The van der Waals surface area contributed by atoms with Gasteiger partial charge >= 0.3 is 5.97 Å². The minimum atomic E-state index is -0.800. The molecule has 114 valence electrons. The van der Waals surface area contributed by atoms with Crippen LogP contribution in [0.5, 0.6) is 0 Å². The van der Waals surface area contributed by atoms with Crippen molar-refractivity contribution in [3.63, 3.8) is 0 Å². The van der Waals surface area contributed by atoms with Crippen molar-refractivity contribution in [1.82, 2.24) is 10.1 Å². The number of carboxylic acid groups (broad SMARTS) is 1. The van der Waals surface area contributed by atoms with Crippen molar-refractivity contribution in [1.29, 1.82) is 0 Å². The number of nitrogens with zero attached hydrogens (tertiary/aromatic N) is 2. The molecule has 3 unspecified atom stereocenters. The Morgan fingerprint density at radius 2 is 2.10 bits per heavy atom. The quantitative estimate of drug-likeness (QED) is 0.923. The Hall–Kier alpha value is -1.85. The summed E-state index contributed by atoms with van der Waals surface area (Å²) < 4.78 is 5.29. The van der Waals surface area contributed by atoms with Crippen molar-refractivity contribution >= 4 is 11.9 Å². The van der Waals surface area contributed by atoms with Crippen molar-refractivity contribution in [2.45, 2.75) is 58.0 Å². The molecule has 1 N–H and O–H groups in total. The molecule has 21 heavy (non-hydrogen) atoms. The summed E-state index contributed by atoms with van der Waals surface area (Å²) in [5, 5.41) is 13.2. The summed E-state index contributed by atoms with van der Waals surface area (Å²) in [6.07, 6.45) is 2.23. The second-order valence-electron chi connectivity index (χ2n) is 6.35. The summed E-state index contributed by atoms with van der Waals surface area (Å²) in [6, 6.07) is -0.146. The van der Waals surface area contributed by atoms with Gasteiger partial charge in [-0.05, 0) is 26.2 Å². The summed E-state index contributed by atoms with van der Waals surface area (Å²) in [7, 11) is 0. The van der Waals surface area contributed by atoms with Crippen LogP contribution in [0.3, 0.4) is 0 Å². The fourth-order valence-electron chi connectivity index (χ4n) is 3.74. The first-order valence-electron chi connectivity index (χ1n) is 7.43. The number of amides is 1. The number of carbonyl (C=O) groups excluding carboxylic acids is 1. The van der Waals surface area contributed by atoms with Gasteiger partial charge in [0.05, 0.1) is 11.6 Å². The largest absolute Gasteiger partial charge is 0.481 e. The molecule has 0 aromatic carbocycles. The van der Waals surface area contributed by atoms with Gasteiger partial charge in [-0.15, -0.1) is 0 Å². The van der Waals surface area contributed by atoms with Gasteiger partial charge in [-0.25, -0.2) is 0 Å². The molecule has 3 rings (SSSR count). The Labute approximate surface area is 123 Å². The van der Waals surface area contributed by atoms with Gasteiger partial charge in [-0.1, -0.05) is 19.0 Å². The fraction of sp³-hybridized carbons (Fsp3) is 0.667. The minimum Gasteiger partial charge on any atom is -0.481 e. The van der Waals surface area contributed by atoms with Gasteiger partial charge in [0.1, 0.15) is 5.56 Å². The maximum atomic E-state index is 12.9. The van der Waals surface area contributed by atoms with E-state index in [1.165, 1.54) is 0 Å². The van der Waals surface area contributed by atoms with Crippen LogP contribution in [0, 0.1) is 12.8 Å². The fourth-order valence-corrected chi connectivity index (χ4v) is 3.74. The average Bonchev–Trinajstić information content (AvgIpc) is 3.09. The second-order valence-corrected chi connectivity index (χ2v) is 6.35. The Morgan fingerprint density at radius 1 is 1.38 bits per heavy atom. The van der Waals surface area contributed by atoms with Gasteiger partial charge in [0.15, 0.2) is 5.76 Å². The smallest absolute Gasteiger partial charge is 0.308 e. The molecular weight excluding hydrogens is 272 g/mol. The number of carbonyl (C=O) groups is 2. The van der Waals surface area contributed by atoms with Crippen LogP contribution < -0.4 is 0 Å². The number of carboxylic acids is 1. The van der Waals surface area contributed by atoms with Crippen molar-refractivity contribution in [2.75, 3.05) is 0 Å². The number of aliphatic carboxylic acids is 1. The molecule has 2 aliphatic rings. The molecule has 1 amide bonds. The number of fused-ring (bicyclic) bond motifs is 2. The molecule has 1 aromatic heterocycles. The van der Waals surface area contributed by atoms with Gasteiger partial charge in [-0.3, -0.25) is 9.59 Å². The zero-order valence-corrected chi connectivity index (χ0v) is 12.5. The maximum Gasteiger partial charge on any atom is 0.308 e. The predicted octanol–water partition coefficient (Wildman–Crippen LogP) is 2.18. The summed E-state index contributed by atoms with van der Waals surface area (Å²) in [6.45, 7) is 5.67. The molecule has 0 aliphatic carbocycles. The van der Waals surface area contributed by atoms with E-state index in [0.717, 1.165) is 12.8 Å². The third-order valence-electron chi connectivity index (χ3n) is 4.72. The highest BCUT2D eigenvalue weighted by molar-refractivity contribution is 5.97. The van der Waals surface area contributed by atoms with Crippen molar-refractivity contribution in [2.24, 2.45) is 5.92 Å². The van der Waals surface area contributed by atoms with E-state index in [1.807, 2.05) is 13.8 Å². The topological polar surface area (TPSA) is 83.6 Å². The standard InChI is InChI=1S/C15H20N2O4/c1-7(2)13-12(8(3)16-21-13)14(18)17-9-4-5-11(17)10(6-9)15(19)20/h7,9-11H,4-6H2,1-3H3,(H,19,20). The highest BCUT2D eigenvalue weighted by atomic mass is 16.5. The van der Waals surface area contributed by atoms with Gasteiger partial charge in [0, 0.05) is 18.0 Å². The van der Waals surface area contributed by atoms with Crippen LogP contribution in [-0.2, 0) is 4.79 Å². The van der Waals surface area contributed by atoms with Crippen LogP contribution >= 0.6 is 0 Å². The highest BCUT2D eigenvalue weighted by Gasteiger charge is 2.52. The van der Waals surface area contributed by atoms with Crippen molar-refractivity contribution < 1.29 is 19.2 Å². The number of rotatable bonds is 3. The normalized spacial score (nSPS) is 27.6. The number of aryl methyl sites for hydroxylation is 1. The molecule has 2 bridgehead atoms. The summed E-state index contributed by atoms with van der Waals surface area (Å²) in [5.74, 6) is -0.688.